The minimum absolute atomic E-state index is 0.0983. The van der Waals surface area contributed by atoms with Gasteiger partial charge in [-0.25, -0.2) is 17.8 Å². The Morgan fingerprint density at radius 3 is 2.54 bits per heavy atom. The van der Waals surface area contributed by atoms with Gasteiger partial charge in [-0.3, -0.25) is 0 Å². The van der Waals surface area contributed by atoms with Crippen molar-refractivity contribution in [2.45, 2.75) is 49.3 Å². The Bertz CT molecular complexity index is 823. The number of rotatable bonds is 7. The van der Waals surface area contributed by atoms with Gasteiger partial charge in [0.25, 0.3) is 0 Å². The van der Waals surface area contributed by atoms with Gasteiger partial charge in [-0.15, -0.1) is 5.10 Å². The predicted octanol–water partition coefficient (Wildman–Crippen LogP) is 1.21. The summed E-state index contributed by atoms with van der Waals surface area (Å²) in [5, 5.41) is 18.1. The molecule has 1 atom stereocenters. The molecule has 2 aliphatic rings. The fraction of sp³-hybridized carbons (Fsp3) is 0.500. The van der Waals surface area contributed by atoms with E-state index in [2.05, 4.69) is 15.0 Å². The summed E-state index contributed by atoms with van der Waals surface area (Å²) in [6, 6.07) is 6.87. The Morgan fingerprint density at radius 1 is 1.21 bits per heavy atom. The van der Waals surface area contributed by atoms with Crippen LogP contribution < -0.4 is 4.72 Å². The summed E-state index contributed by atoms with van der Waals surface area (Å²) in [6.07, 6.45) is 5.14. The highest BCUT2D eigenvalue weighted by Gasteiger charge is 2.32. The molecule has 128 valence electrons. The number of nitrogens with one attached hydrogen (secondary N) is 1. The highest BCUT2D eigenvalue weighted by molar-refractivity contribution is 7.89. The summed E-state index contributed by atoms with van der Waals surface area (Å²) in [5.74, 6) is 0.318. The summed E-state index contributed by atoms with van der Waals surface area (Å²) in [6.45, 7) is 0.487. The molecule has 0 spiro atoms. The standard InChI is InChI=1S/C16H20N4O3S/c21-16(12-3-4-12)15-10-20(19-17-15)9-11-1-7-14(8-2-11)24(22,23)18-13-5-6-13/h1-2,7-8,10,12-13,16,18,21H,3-6,9H2/t16-/m0/s1. The molecule has 0 unspecified atom stereocenters. The van der Waals surface area contributed by atoms with E-state index in [-0.39, 0.29) is 10.9 Å². The van der Waals surface area contributed by atoms with Crippen molar-refractivity contribution in [1.82, 2.24) is 19.7 Å². The smallest absolute Gasteiger partial charge is 0.240 e. The van der Waals surface area contributed by atoms with Crippen molar-refractivity contribution < 1.29 is 13.5 Å². The Hall–Kier alpha value is -1.77. The molecule has 2 aromatic rings. The number of aromatic nitrogens is 3. The molecule has 7 nitrogen and oxygen atoms in total. The number of hydrogen-bond donors (Lipinski definition) is 2. The minimum atomic E-state index is -3.41. The van der Waals surface area contributed by atoms with Gasteiger partial charge < -0.3 is 5.11 Å². The first-order valence-corrected chi connectivity index (χ1v) is 9.69. The third kappa shape index (κ3) is 3.50. The van der Waals surface area contributed by atoms with Crippen LogP contribution in [0.3, 0.4) is 0 Å². The number of benzene rings is 1. The number of aliphatic hydroxyl groups excluding tert-OH is 1. The van der Waals surface area contributed by atoms with Crippen molar-refractivity contribution in [2.24, 2.45) is 5.92 Å². The second-order valence-electron chi connectivity index (χ2n) is 6.66. The Labute approximate surface area is 140 Å². The summed E-state index contributed by atoms with van der Waals surface area (Å²) in [7, 11) is -3.41. The maximum absolute atomic E-state index is 12.1. The fourth-order valence-corrected chi connectivity index (χ4v) is 3.93. The average molecular weight is 348 g/mol. The molecule has 0 bridgehead atoms. The van der Waals surface area contributed by atoms with Gasteiger partial charge >= 0.3 is 0 Å². The van der Waals surface area contributed by atoms with Crippen LogP contribution in [0.4, 0.5) is 0 Å². The molecule has 8 heteroatoms. The highest BCUT2D eigenvalue weighted by Crippen LogP contribution is 2.40. The largest absolute Gasteiger partial charge is 0.386 e. The van der Waals surface area contributed by atoms with Gasteiger partial charge in [0.15, 0.2) is 0 Å². The van der Waals surface area contributed by atoms with E-state index >= 15 is 0 Å². The number of aliphatic hydroxyl groups is 1. The van der Waals surface area contributed by atoms with Crippen molar-refractivity contribution in [3.8, 4) is 0 Å². The first kappa shape index (κ1) is 15.7. The summed E-state index contributed by atoms with van der Waals surface area (Å²) >= 11 is 0. The number of hydrogen-bond acceptors (Lipinski definition) is 5. The van der Waals surface area contributed by atoms with Crippen LogP contribution in [0.2, 0.25) is 0 Å². The van der Waals surface area contributed by atoms with Gasteiger partial charge in [-0.2, -0.15) is 0 Å². The predicted molar refractivity (Wildman–Crippen MR) is 86.6 cm³/mol. The zero-order valence-electron chi connectivity index (χ0n) is 13.2. The van der Waals surface area contributed by atoms with Crippen LogP contribution >= 0.6 is 0 Å². The summed E-state index contributed by atoms with van der Waals surface area (Å²) < 4.78 is 28.6. The van der Waals surface area contributed by atoms with Gasteiger partial charge in [0.2, 0.25) is 10.0 Å². The molecule has 0 radical (unpaired) electrons. The molecule has 2 aliphatic carbocycles. The third-order valence-electron chi connectivity index (χ3n) is 4.41. The number of sulfonamides is 1. The quantitative estimate of drug-likeness (QED) is 0.784. The topological polar surface area (TPSA) is 97.1 Å². The molecule has 1 aromatic carbocycles. The lowest BCUT2D eigenvalue weighted by Crippen LogP contribution is -2.25. The van der Waals surface area contributed by atoms with E-state index < -0.39 is 16.1 Å². The van der Waals surface area contributed by atoms with Gasteiger partial charge in [0, 0.05) is 6.04 Å². The van der Waals surface area contributed by atoms with Crippen molar-refractivity contribution in [3.05, 3.63) is 41.7 Å². The fourth-order valence-electron chi connectivity index (χ4n) is 2.63. The molecule has 0 saturated heterocycles. The van der Waals surface area contributed by atoms with Crippen LogP contribution in [0.5, 0.6) is 0 Å². The van der Waals surface area contributed by atoms with E-state index in [9.17, 15) is 13.5 Å². The molecular formula is C16H20N4O3S. The van der Waals surface area contributed by atoms with Crippen LogP contribution in [-0.2, 0) is 16.6 Å². The van der Waals surface area contributed by atoms with Gasteiger partial charge in [-0.1, -0.05) is 17.3 Å². The second kappa shape index (κ2) is 5.94. The third-order valence-corrected chi connectivity index (χ3v) is 5.94. The summed E-state index contributed by atoms with van der Waals surface area (Å²) in [4.78, 5) is 0.279. The van der Waals surface area contributed by atoms with Crippen molar-refractivity contribution in [2.75, 3.05) is 0 Å². The van der Waals surface area contributed by atoms with Crippen LogP contribution in [0.1, 0.15) is 43.0 Å². The first-order chi connectivity index (χ1) is 11.5. The van der Waals surface area contributed by atoms with E-state index in [0.29, 0.717) is 18.2 Å². The van der Waals surface area contributed by atoms with Gasteiger partial charge in [0.05, 0.1) is 17.6 Å². The zero-order valence-corrected chi connectivity index (χ0v) is 14.0. The van der Waals surface area contributed by atoms with E-state index in [1.54, 1.807) is 35.1 Å². The lowest BCUT2D eigenvalue weighted by atomic mass is 10.2. The second-order valence-corrected chi connectivity index (χ2v) is 8.38. The molecule has 2 saturated carbocycles. The lowest BCUT2D eigenvalue weighted by molar-refractivity contribution is 0.149. The Morgan fingerprint density at radius 2 is 1.92 bits per heavy atom. The number of nitrogens with zero attached hydrogens (tertiary/aromatic N) is 3. The van der Waals surface area contributed by atoms with Gasteiger partial charge in [0.1, 0.15) is 11.8 Å². The van der Waals surface area contributed by atoms with Crippen LogP contribution in [-0.4, -0.2) is 34.6 Å². The molecule has 1 heterocycles. The zero-order chi connectivity index (χ0) is 16.7. The summed E-state index contributed by atoms with van der Waals surface area (Å²) in [5.41, 5.74) is 1.53. The van der Waals surface area contributed by atoms with Crippen molar-refractivity contribution in [1.29, 1.82) is 0 Å². The molecule has 2 fully saturated rings. The molecular weight excluding hydrogens is 328 g/mol. The van der Waals surface area contributed by atoms with E-state index in [1.165, 1.54) is 0 Å². The molecule has 2 N–H and O–H groups in total. The Balaban J connectivity index is 1.43. The van der Waals surface area contributed by atoms with Gasteiger partial charge in [-0.05, 0) is 49.3 Å². The maximum atomic E-state index is 12.1. The molecule has 0 amide bonds. The van der Waals surface area contributed by atoms with Crippen molar-refractivity contribution >= 4 is 10.0 Å². The molecule has 24 heavy (non-hydrogen) atoms. The highest BCUT2D eigenvalue weighted by atomic mass is 32.2. The van der Waals surface area contributed by atoms with Crippen molar-refractivity contribution in [3.63, 3.8) is 0 Å². The van der Waals surface area contributed by atoms with Crippen LogP contribution in [0, 0.1) is 5.92 Å². The monoisotopic (exact) mass is 348 g/mol. The van der Waals surface area contributed by atoms with E-state index in [0.717, 1.165) is 31.2 Å². The Kier molecular flexibility index (Phi) is 3.90. The molecule has 4 rings (SSSR count). The normalized spacial score (nSPS) is 19.4. The molecule has 1 aromatic heterocycles. The lowest BCUT2D eigenvalue weighted by Gasteiger charge is -2.07. The molecule has 0 aliphatic heterocycles. The van der Waals surface area contributed by atoms with Crippen LogP contribution in [0.25, 0.3) is 0 Å². The SMILES string of the molecule is O=S(=O)(NC1CC1)c1ccc(Cn2cc([C@@H](O)C3CC3)nn2)cc1. The average Bonchev–Trinajstić information content (AvgIpc) is 3.48. The van der Waals surface area contributed by atoms with E-state index in [1.807, 2.05) is 0 Å². The van der Waals surface area contributed by atoms with Crippen LogP contribution in [0.15, 0.2) is 35.4 Å². The first-order valence-electron chi connectivity index (χ1n) is 8.21. The minimum Gasteiger partial charge on any atom is -0.386 e. The van der Waals surface area contributed by atoms with E-state index in [4.69, 9.17) is 0 Å². The maximum Gasteiger partial charge on any atom is 0.240 e.